The Hall–Kier alpha value is -1.42. The maximum Gasteiger partial charge on any atom is 0.203 e. The van der Waals surface area contributed by atoms with Crippen molar-refractivity contribution < 1.29 is 14.6 Å². The number of likely N-dealkylation sites (N-methyl/N-ethyl adjacent to an activating group) is 1. The minimum atomic E-state index is 0.121. The number of hydrogen-bond acceptors (Lipinski definition) is 4. The van der Waals surface area contributed by atoms with Gasteiger partial charge >= 0.3 is 0 Å². The molecule has 0 aliphatic heterocycles. The SMILES string of the molecule is COc1cc(CCN(C)C)cc(O)c1OC. The van der Waals surface area contributed by atoms with Crippen LogP contribution in [0.1, 0.15) is 5.56 Å². The highest BCUT2D eigenvalue weighted by Gasteiger charge is 2.11. The molecule has 1 aromatic carbocycles. The van der Waals surface area contributed by atoms with E-state index in [1.165, 1.54) is 7.11 Å². The smallest absolute Gasteiger partial charge is 0.203 e. The molecule has 0 saturated heterocycles. The standard InChI is InChI=1S/C12H19NO3/c1-13(2)6-5-9-7-10(14)12(16-4)11(8-9)15-3/h7-8,14H,5-6H2,1-4H3. The fraction of sp³-hybridized carbons (Fsp3) is 0.500. The van der Waals surface area contributed by atoms with E-state index in [0.717, 1.165) is 18.5 Å². The van der Waals surface area contributed by atoms with Gasteiger partial charge in [0.1, 0.15) is 0 Å². The van der Waals surface area contributed by atoms with Gasteiger partial charge in [0.25, 0.3) is 0 Å². The van der Waals surface area contributed by atoms with Gasteiger partial charge in [-0.15, -0.1) is 0 Å². The van der Waals surface area contributed by atoms with Gasteiger partial charge < -0.3 is 19.5 Å². The average molecular weight is 225 g/mol. The number of phenolic OH excluding ortho intramolecular Hbond substituents is 1. The monoisotopic (exact) mass is 225 g/mol. The van der Waals surface area contributed by atoms with Gasteiger partial charge in [-0.1, -0.05) is 0 Å². The molecule has 0 fully saturated rings. The number of benzene rings is 1. The van der Waals surface area contributed by atoms with E-state index < -0.39 is 0 Å². The number of nitrogens with zero attached hydrogens (tertiary/aromatic N) is 1. The molecule has 0 bridgehead atoms. The van der Waals surface area contributed by atoms with Crippen molar-refractivity contribution in [3.8, 4) is 17.2 Å². The van der Waals surface area contributed by atoms with Crippen LogP contribution in [-0.2, 0) is 6.42 Å². The Kier molecular flexibility index (Phi) is 4.43. The third-order valence-electron chi connectivity index (χ3n) is 2.37. The van der Waals surface area contributed by atoms with Crippen LogP contribution in [0.15, 0.2) is 12.1 Å². The lowest BCUT2D eigenvalue weighted by Crippen LogP contribution is -2.15. The van der Waals surface area contributed by atoms with Crippen molar-refractivity contribution in [3.63, 3.8) is 0 Å². The van der Waals surface area contributed by atoms with Crippen molar-refractivity contribution in [3.05, 3.63) is 17.7 Å². The third kappa shape index (κ3) is 3.03. The van der Waals surface area contributed by atoms with Crippen molar-refractivity contribution in [1.29, 1.82) is 0 Å². The van der Waals surface area contributed by atoms with Crippen LogP contribution in [0.4, 0.5) is 0 Å². The van der Waals surface area contributed by atoms with Crippen molar-refractivity contribution in [1.82, 2.24) is 4.90 Å². The van der Waals surface area contributed by atoms with E-state index in [2.05, 4.69) is 4.90 Å². The van der Waals surface area contributed by atoms with Gasteiger partial charge in [0, 0.05) is 6.54 Å². The molecule has 0 radical (unpaired) electrons. The van der Waals surface area contributed by atoms with Gasteiger partial charge in [-0.05, 0) is 38.2 Å². The van der Waals surface area contributed by atoms with Gasteiger partial charge in [0.2, 0.25) is 5.75 Å². The topological polar surface area (TPSA) is 41.9 Å². The maximum absolute atomic E-state index is 9.75. The van der Waals surface area contributed by atoms with Crippen LogP contribution in [0.2, 0.25) is 0 Å². The van der Waals surface area contributed by atoms with Crippen molar-refractivity contribution in [2.45, 2.75) is 6.42 Å². The second kappa shape index (κ2) is 5.61. The first-order valence-electron chi connectivity index (χ1n) is 5.17. The van der Waals surface area contributed by atoms with E-state index in [1.54, 1.807) is 13.2 Å². The molecule has 0 aliphatic rings. The lowest BCUT2D eigenvalue weighted by atomic mass is 10.1. The maximum atomic E-state index is 9.75. The number of aromatic hydroxyl groups is 1. The van der Waals surface area contributed by atoms with E-state index in [-0.39, 0.29) is 5.75 Å². The second-order valence-electron chi connectivity index (χ2n) is 3.90. The molecule has 0 atom stereocenters. The molecular formula is C12H19NO3. The Morgan fingerprint density at radius 1 is 1.19 bits per heavy atom. The highest BCUT2D eigenvalue weighted by Crippen LogP contribution is 2.37. The van der Waals surface area contributed by atoms with Gasteiger partial charge in [0.15, 0.2) is 11.5 Å². The molecule has 4 nitrogen and oxygen atoms in total. The molecule has 16 heavy (non-hydrogen) atoms. The Bertz CT molecular complexity index is 350. The van der Waals surface area contributed by atoms with Gasteiger partial charge in [-0.3, -0.25) is 0 Å². The molecule has 0 heterocycles. The molecule has 1 aromatic rings. The molecule has 0 unspecified atom stereocenters. The van der Waals surface area contributed by atoms with Crippen LogP contribution in [0.3, 0.4) is 0 Å². The second-order valence-corrected chi connectivity index (χ2v) is 3.90. The Labute approximate surface area is 96.4 Å². The van der Waals surface area contributed by atoms with Crippen LogP contribution < -0.4 is 9.47 Å². The highest BCUT2D eigenvalue weighted by molar-refractivity contribution is 5.53. The van der Waals surface area contributed by atoms with Crippen molar-refractivity contribution in [2.24, 2.45) is 0 Å². The third-order valence-corrected chi connectivity index (χ3v) is 2.37. The fourth-order valence-corrected chi connectivity index (χ4v) is 1.50. The fourth-order valence-electron chi connectivity index (χ4n) is 1.50. The van der Waals surface area contributed by atoms with E-state index in [4.69, 9.17) is 9.47 Å². The molecule has 0 aliphatic carbocycles. The summed E-state index contributed by atoms with van der Waals surface area (Å²) in [6, 6.07) is 3.60. The van der Waals surface area contributed by atoms with E-state index in [0.29, 0.717) is 11.5 Å². The molecule has 90 valence electrons. The van der Waals surface area contributed by atoms with Crippen molar-refractivity contribution in [2.75, 3.05) is 34.9 Å². The van der Waals surface area contributed by atoms with E-state index >= 15 is 0 Å². The Morgan fingerprint density at radius 3 is 2.38 bits per heavy atom. The summed E-state index contributed by atoms with van der Waals surface area (Å²) >= 11 is 0. The molecule has 4 heteroatoms. The summed E-state index contributed by atoms with van der Waals surface area (Å²) in [5, 5.41) is 9.75. The van der Waals surface area contributed by atoms with Crippen LogP contribution in [0.25, 0.3) is 0 Å². The van der Waals surface area contributed by atoms with Gasteiger partial charge in [-0.2, -0.15) is 0 Å². The van der Waals surface area contributed by atoms with Crippen LogP contribution >= 0.6 is 0 Å². The summed E-state index contributed by atoms with van der Waals surface area (Å²) in [4.78, 5) is 2.09. The zero-order valence-corrected chi connectivity index (χ0v) is 10.3. The first-order chi connectivity index (χ1) is 7.58. The zero-order chi connectivity index (χ0) is 12.1. The molecule has 0 saturated carbocycles. The lowest BCUT2D eigenvalue weighted by molar-refractivity contribution is 0.332. The normalized spacial score (nSPS) is 10.6. The summed E-state index contributed by atoms with van der Waals surface area (Å²) in [6.45, 7) is 0.926. The largest absolute Gasteiger partial charge is 0.504 e. The number of phenols is 1. The summed E-state index contributed by atoms with van der Waals surface area (Å²) < 4.78 is 10.2. The lowest BCUT2D eigenvalue weighted by Gasteiger charge is -2.13. The minimum Gasteiger partial charge on any atom is -0.504 e. The highest BCUT2D eigenvalue weighted by atomic mass is 16.5. The van der Waals surface area contributed by atoms with E-state index in [1.807, 2.05) is 20.2 Å². The Morgan fingerprint density at radius 2 is 1.88 bits per heavy atom. The molecule has 0 aromatic heterocycles. The molecule has 1 rings (SSSR count). The number of methoxy groups -OCH3 is 2. The van der Waals surface area contributed by atoms with Gasteiger partial charge in [0.05, 0.1) is 14.2 Å². The zero-order valence-electron chi connectivity index (χ0n) is 10.3. The first kappa shape index (κ1) is 12.6. The summed E-state index contributed by atoms with van der Waals surface area (Å²) in [5.74, 6) is 1.07. The first-order valence-corrected chi connectivity index (χ1v) is 5.17. The number of hydrogen-bond donors (Lipinski definition) is 1. The number of ether oxygens (including phenoxy) is 2. The molecule has 1 N–H and O–H groups in total. The van der Waals surface area contributed by atoms with Gasteiger partial charge in [-0.25, -0.2) is 0 Å². The summed E-state index contributed by atoms with van der Waals surface area (Å²) in [7, 11) is 7.10. The number of rotatable bonds is 5. The molecule has 0 amide bonds. The predicted molar refractivity (Wildman–Crippen MR) is 63.5 cm³/mol. The van der Waals surface area contributed by atoms with Crippen molar-refractivity contribution >= 4 is 0 Å². The summed E-state index contributed by atoms with van der Waals surface area (Å²) in [5.41, 5.74) is 1.03. The van der Waals surface area contributed by atoms with Crippen LogP contribution in [0.5, 0.6) is 17.2 Å². The average Bonchev–Trinajstić information content (AvgIpc) is 2.25. The summed E-state index contributed by atoms with van der Waals surface area (Å²) in [6.07, 6.45) is 0.862. The molecule has 0 spiro atoms. The van der Waals surface area contributed by atoms with E-state index in [9.17, 15) is 5.11 Å². The quantitative estimate of drug-likeness (QED) is 0.825. The minimum absolute atomic E-state index is 0.121. The Balaban J connectivity index is 2.92. The predicted octanol–water partition coefficient (Wildman–Crippen LogP) is 1.51. The van der Waals surface area contributed by atoms with Crippen LogP contribution in [-0.4, -0.2) is 44.9 Å². The van der Waals surface area contributed by atoms with Crippen LogP contribution in [0, 0.1) is 0 Å². The molecular weight excluding hydrogens is 206 g/mol.